The Kier molecular flexibility index (Phi) is 6.14. The zero-order valence-corrected chi connectivity index (χ0v) is 13.8. The van der Waals surface area contributed by atoms with Crippen LogP contribution in [0.3, 0.4) is 0 Å². The van der Waals surface area contributed by atoms with Crippen LogP contribution in [0.25, 0.3) is 0 Å². The SMILES string of the molecule is CCCN1CCC(NCc2ccc(Br)c(Cl)c2)CC1. The van der Waals surface area contributed by atoms with E-state index in [1.807, 2.05) is 12.1 Å². The average Bonchev–Trinajstić information content (AvgIpc) is 2.42. The molecule has 1 aliphatic heterocycles. The second-order valence-corrected chi connectivity index (χ2v) is 6.51. The molecule has 4 heteroatoms. The van der Waals surface area contributed by atoms with E-state index >= 15 is 0 Å². The minimum absolute atomic E-state index is 0.649. The van der Waals surface area contributed by atoms with E-state index in [0.717, 1.165) is 16.0 Å². The van der Waals surface area contributed by atoms with Crippen LogP contribution in [0.15, 0.2) is 22.7 Å². The molecule has 1 aromatic carbocycles. The summed E-state index contributed by atoms with van der Waals surface area (Å²) in [6, 6.07) is 6.82. The van der Waals surface area contributed by atoms with Crippen LogP contribution in [0.5, 0.6) is 0 Å². The molecular weight excluding hydrogens is 324 g/mol. The summed E-state index contributed by atoms with van der Waals surface area (Å²) in [5.41, 5.74) is 1.25. The van der Waals surface area contributed by atoms with Crippen molar-refractivity contribution in [3.8, 4) is 0 Å². The van der Waals surface area contributed by atoms with Crippen LogP contribution in [0.1, 0.15) is 31.7 Å². The Balaban J connectivity index is 1.75. The van der Waals surface area contributed by atoms with Gasteiger partial charge in [-0.25, -0.2) is 0 Å². The van der Waals surface area contributed by atoms with Crippen molar-refractivity contribution in [2.75, 3.05) is 19.6 Å². The van der Waals surface area contributed by atoms with Crippen molar-refractivity contribution in [2.45, 2.75) is 38.8 Å². The highest BCUT2D eigenvalue weighted by Gasteiger charge is 2.17. The Morgan fingerprint density at radius 3 is 2.74 bits per heavy atom. The first-order valence-electron chi connectivity index (χ1n) is 7.08. The van der Waals surface area contributed by atoms with Gasteiger partial charge in [0.15, 0.2) is 0 Å². The van der Waals surface area contributed by atoms with Crippen molar-refractivity contribution in [1.82, 2.24) is 10.2 Å². The Hall–Kier alpha value is -0.0900. The Morgan fingerprint density at radius 1 is 1.37 bits per heavy atom. The van der Waals surface area contributed by atoms with Crippen LogP contribution in [0.2, 0.25) is 5.02 Å². The average molecular weight is 346 g/mol. The molecule has 2 rings (SSSR count). The van der Waals surface area contributed by atoms with E-state index < -0.39 is 0 Å². The number of likely N-dealkylation sites (tertiary alicyclic amines) is 1. The van der Waals surface area contributed by atoms with Gasteiger partial charge in [-0.3, -0.25) is 0 Å². The first kappa shape index (κ1) is 15.3. The number of nitrogens with one attached hydrogen (secondary N) is 1. The third kappa shape index (κ3) is 4.75. The molecule has 1 heterocycles. The summed E-state index contributed by atoms with van der Waals surface area (Å²) in [4.78, 5) is 2.56. The summed E-state index contributed by atoms with van der Waals surface area (Å²) in [6.07, 6.45) is 3.77. The molecular formula is C15H22BrClN2. The molecule has 0 atom stereocenters. The summed E-state index contributed by atoms with van der Waals surface area (Å²) in [6.45, 7) is 6.86. The molecule has 1 fully saturated rings. The van der Waals surface area contributed by atoms with Gasteiger partial charge in [-0.15, -0.1) is 0 Å². The molecule has 2 nitrogen and oxygen atoms in total. The smallest absolute Gasteiger partial charge is 0.0551 e. The standard InChI is InChI=1S/C15H22BrClN2/c1-2-7-19-8-5-13(6-9-19)18-11-12-3-4-14(16)15(17)10-12/h3-4,10,13,18H,2,5-9,11H2,1H3. The number of nitrogens with zero attached hydrogens (tertiary/aromatic N) is 1. The Bertz CT molecular complexity index is 403. The second kappa shape index (κ2) is 7.63. The van der Waals surface area contributed by atoms with Crippen LogP contribution < -0.4 is 5.32 Å². The molecule has 0 saturated carbocycles. The summed E-state index contributed by atoms with van der Waals surface area (Å²) < 4.78 is 0.964. The number of hydrogen-bond donors (Lipinski definition) is 1. The monoisotopic (exact) mass is 344 g/mol. The fourth-order valence-corrected chi connectivity index (χ4v) is 3.04. The first-order chi connectivity index (χ1) is 9.19. The zero-order valence-electron chi connectivity index (χ0n) is 11.5. The molecule has 0 amide bonds. The lowest BCUT2D eigenvalue weighted by Crippen LogP contribution is -2.42. The fourth-order valence-electron chi connectivity index (χ4n) is 2.59. The van der Waals surface area contributed by atoms with Gasteiger partial charge in [0.05, 0.1) is 5.02 Å². The molecule has 1 N–H and O–H groups in total. The third-order valence-corrected chi connectivity index (χ3v) is 4.94. The van der Waals surface area contributed by atoms with E-state index in [-0.39, 0.29) is 0 Å². The highest BCUT2D eigenvalue weighted by molar-refractivity contribution is 9.10. The highest BCUT2D eigenvalue weighted by atomic mass is 79.9. The number of rotatable bonds is 5. The highest BCUT2D eigenvalue weighted by Crippen LogP contribution is 2.23. The zero-order chi connectivity index (χ0) is 13.7. The molecule has 0 bridgehead atoms. The number of hydrogen-bond acceptors (Lipinski definition) is 2. The molecule has 1 aromatic rings. The van der Waals surface area contributed by atoms with E-state index in [1.54, 1.807) is 0 Å². The summed E-state index contributed by atoms with van der Waals surface area (Å²) in [5.74, 6) is 0. The van der Waals surface area contributed by atoms with Crippen molar-refractivity contribution in [2.24, 2.45) is 0 Å². The minimum Gasteiger partial charge on any atom is -0.310 e. The van der Waals surface area contributed by atoms with Gasteiger partial charge in [-0.05, 0) is 72.5 Å². The van der Waals surface area contributed by atoms with E-state index in [9.17, 15) is 0 Å². The lowest BCUT2D eigenvalue weighted by atomic mass is 10.0. The second-order valence-electron chi connectivity index (χ2n) is 5.25. The van der Waals surface area contributed by atoms with Gasteiger partial charge >= 0.3 is 0 Å². The predicted molar refractivity (Wildman–Crippen MR) is 85.7 cm³/mol. The molecule has 0 radical (unpaired) electrons. The first-order valence-corrected chi connectivity index (χ1v) is 8.26. The maximum absolute atomic E-state index is 6.11. The predicted octanol–water partition coefficient (Wildman–Crippen LogP) is 4.07. The Morgan fingerprint density at radius 2 is 2.11 bits per heavy atom. The third-order valence-electron chi connectivity index (χ3n) is 3.71. The largest absolute Gasteiger partial charge is 0.310 e. The molecule has 0 aromatic heterocycles. The molecule has 106 valence electrons. The van der Waals surface area contributed by atoms with Crippen molar-refractivity contribution < 1.29 is 0 Å². The molecule has 1 saturated heterocycles. The van der Waals surface area contributed by atoms with Gasteiger partial charge < -0.3 is 10.2 Å². The maximum atomic E-state index is 6.11. The van der Waals surface area contributed by atoms with Crippen molar-refractivity contribution in [3.63, 3.8) is 0 Å². The van der Waals surface area contributed by atoms with Crippen LogP contribution in [0, 0.1) is 0 Å². The van der Waals surface area contributed by atoms with E-state index in [0.29, 0.717) is 6.04 Å². The van der Waals surface area contributed by atoms with Crippen molar-refractivity contribution in [3.05, 3.63) is 33.3 Å². The molecule has 1 aliphatic rings. The summed E-state index contributed by atoms with van der Waals surface area (Å²) in [7, 11) is 0. The van der Waals surface area contributed by atoms with Gasteiger partial charge in [0.1, 0.15) is 0 Å². The Labute approximate surface area is 129 Å². The number of halogens is 2. The quantitative estimate of drug-likeness (QED) is 0.865. The van der Waals surface area contributed by atoms with Gasteiger partial charge in [0, 0.05) is 17.1 Å². The number of piperidine rings is 1. The van der Waals surface area contributed by atoms with Crippen LogP contribution in [-0.2, 0) is 6.54 Å². The van der Waals surface area contributed by atoms with E-state index in [4.69, 9.17) is 11.6 Å². The van der Waals surface area contributed by atoms with Crippen molar-refractivity contribution >= 4 is 27.5 Å². The van der Waals surface area contributed by atoms with Crippen molar-refractivity contribution in [1.29, 1.82) is 0 Å². The van der Waals surface area contributed by atoms with E-state index in [1.165, 1.54) is 44.5 Å². The van der Waals surface area contributed by atoms with Crippen LogP contribution in [-0.4, -0.2) is 30.6 Å². The maximum Gasteiger partial charge on any atom is 0.0551 e. The minimum atomic E-state index is 0.649. The van der Waals surface area contributed by atoms with Gasteiger partial charge in [-0.2, -0.15) is 0 Å². The van der Waals surface area contributed by atoms with Crippen LogP contribution in [0.4, 0.5) is 0 Å². The van der Waals surface area contributed by atoms with Gasteiger partial charge in [0.2, 0.25) is 0 Å². The number of benzene rings is 1. The topological polar surface area (TPSA) is 15.3 Å². The van der Waals surface area contributed by atoms with Gasteiger partial charge in [-0.1, -0.05) is 24.6 Å². The molecule has 0 aliphatic carbocycles. The summed E-state index contributed by atoms with van der Waals surface area (Å²) in [5, 5.41) is 4.44. The normalized spacial score (nSPS) is 17.8. The van der Waals surface area contributed by atoms with Gasteiger partial charge in [0.25, 0.3) is 0 Å². The fraction of sp³-hybridized carbons (Fsp3) is 0.600. The molecule has 0 spiro atoms. The van der Waals surface area contributed by atoms with E-state index in [2.05, 4.69) is 39.1 Å². The van der Waals surface area contributed by atoms with Crippen LogP contribution >= 0.6 is 27.5 Å². The lowest BCUT2D eigenvalue weighted by Gasteiger charge is -2.32. The lowest BCUT2D eigenvalue weighted by molar-refractivity contribution is 0.197. The molecule has 0 unspecified atom stereocenters. The molecule has 19 heavy (non-hydrogen) atoms. The summed E-state index contributed by atoms with van der Waals surface area (Å²) >= 11 is 9.53.